The first kappa shape index (κ1) is 15.9. The number of thiophene rings is 1. The molecule has 2 N–H and O–H groups in total. The Balaban J connectivity index is 1.81. The van der Waals surface area contributed by atoms with E-state index < -0.39 is 5.97 Å². The third kappa shape index (κ3) is 3.35. The zero-order chi connectivity index (χ0) is 16.4. The highest BCUT2D eigenvalue weighted by Gasteiger charge is 2.29. The predicted octanol–water partition coefficient (Wildman–Crippen LogP) is 3.24. The standard InChI is InChI=1S/C16H16N2O3S2/c1-17-15(19)11-3-2-4-12-14(11)18-13(23-12)6-5-10-7-9(8-22-10)16(20)21/h5-8,11H,2-4H2,1H3,(H,17,19)(H,20,21). The van der Waals surface area contributed by atoms with Gasteiger partial charge >= 0.3 is 5.97 Å². The van der Waals surface area contributed by atoms with Gasteiger partial charge in [0.15, 0.2) is 0 Å². The zero-order valence-corrected chi connectivity index (χ0v) is 14.2. The minimum Gasteiger partial charge on any atom is -0.478 e. The Morgan fingerprint density at radius 1 is 1.43 bits per heavy atom. The predicted molar refractivity (Wildman–Crippen MR) is 92.1 cm³/mol. The normalized spacial score (nSPS) is 17.2. The molecule has 1 aliphatic carbocycles. The Labute approximate surface area is 141 Å². The zero-order valence-electron chi connectivity index (χ0n) is 12.5. The number of carboxylic acids is 1. The van der Waals surface area contributed by atoms with Gasteiger partial charge in [-0.1, -0.05) is 0 Å². The van der Waals surface area contributed by atoms with Crippen LogP contribution >= 0.6 is 22.7 Å². The molecule has 0 bridgehead atoms. The second kappa shape index (κ2) is 6.64. The summed E-state index contributed by atoms with van der Waals surface area (Å²) >= 11 is 3.00. The van der Waals surface area contributed by atoms with Gasteiger partial charge in [-0.15, -0.1) is 22.7 Å². The number of aromatic carboxylic acids is 1. The molecule has 0 aliphatic heterocycles. The summed E-state index contributed by atoms with van der Waals surface area (Å²) in [4.78, 5) is 29.5. The van der Waals surface area contributed by atoms with Crippen LogP contribution in [0.3, 0.4) is 0 Å². The number of nitrogens with zero attached hydrogens (tertiary/aromatic N) is 1. The highest BCUT2D eigenvalue weighted by Crippen LogP contribution is 2.35. The van der Waals surface area contributed by atoms with Crippen LogP contribution in [-0.2, 0) is 11.2 Å². The molecule has 1 aliphatic rings. The van der Waals surface area contributed by atoms with Gasteiger partial charge in [-0.3, -0.25) is 4.79 Å². The van der Waals surface area contributed by atoms with Crippen LogP contribution < -0.4 is 5.32 Å². The van der Waals surface area contributed by atoms with E-state index in [1.54, 1.807) is 29.8 Å². The summed E-state index contributed by atoms with van der Waals surface area (Å²) in [7, 11) is 1.65. The van der Waals surface area contributed by atoms with Crippen molar-refractivity contribution in [2.24, 2.45) is 0 Å². The summed E-state index contributed by atoms with van der Waals surface area (Å²) in [6, 6.07) is 1.64. The summed E-state index contributed by atoms with van der Waals surface area (Å²) in [5, 5.41) is 14.1. The Morgan fingerprint density at radius 3 is 2.96 bits per heavy atom. The first-order valence-corrected chi connectivity index (χ1v) is 8.99. The van der Waals surface area contributed by atoms with Crippen molar-refractivity contribution in [3.8, 4) is 0 Å². The molecular weight excluding hydrogens is 332 g/mol. The van der Waals surface area contributed by atoms with Gasteiger partial charge in [0, 0.05) is 22.2 Å². The maximum atomic E-state index is 12.0. The molecule has 0 fully saturated rings. The van der Waals surface area contributed by atoms with Crippen molar-refractivity contribution >= 4 is 46.7 Å². The molecule has 2 aromatic heterocycles. The maximum Gasteiger partial charge on any atom is 0.336 e. The quantitative estimate of drug-likeness (QED) is 0.889. The molecule has 0 spiro atoms. The van der Waals surface area contributed by atoms with Crippen LogP contribution in [0.15, 0.2) is 11.4 Å². The number of aromatic nitrogens is 1. The monoisotopic (exact) mass is 348 g/mol. The fraction of sp³-hybridized carbons (Fsp3) is 0.312. The lowest BCUT2D eigenvalue weighted by Crippen LogP contribution is -2.28. The Morgan fingerprint density at radius 2 is 2.26 bits per heavy atom. The van der Waals surface area contributed by atoms with Crippen LogP contribution in [-0.4, -0.2) is 29.0 Å². The van der Waals surface area contributed by atoms with Crippen molar-refractivity contribution in [1.82, 2.24) is 10.3 Å². The van der Waals surface area contributed by atoms with Gasteiger partial charge in [-0.05, 0) is 37.5 Å². The number of amides is 1. The molecule has 0 saturated carbocycles. The summed E-state index contributed by atoms with van der Waals surface area (Å²) in [5.41, 5.74) is 1.20. The fourth-order valence-electron chi connectivity index (χ4n) is 2.64. The van der Waals surface area contributed by atoms with Gasteiger partial charge in [0.25, 0.3) is 0 Å². The van der Waals surface area contributed by atoms with Crippen molar-refractivity contribution < 1.29 is 14.7 Å². The number of rotatable bonds is 4. The smallest absolute Gasteiger partial charge is 0.336 e. The molecule has 0 radical (unpaired) electrons. The van der Waals surface area contributed by atoms with Crippen molar-refractivity contribution in [2.75, 3.05) is 7.05 Å². The van der Waals surface area contributed by atoms with Crippen molar-refractivity contribution in [1.29, 1.82) is 0 Å². The highest BCUT2D eigenvalue weighted by atomic mass is 32.1. The van der Waals surface area contributed by atoms with Gasteiger partial charge < -0.3 is 10.4 Å². The molecule has 3 rings (SSSR count). The van der Waals surface area contributed by atoms with Crippen LogP contribution in [0.1, 0.15) is 49.6 Å². The second-order valence-electron chi connectivity index (χ2n) is 5.30. The summed E-state index contributed by atoms with van der Waals surface area (Å²) < 4.78 is 0. The number of carboxylic acid groups (broad SMARTS) is 1. The van der Waals surface area contributed by atoms with E-state index in [1.165, 1.54) is 16.2 Å². The average Bonchev–Trinajstić information content (AvgIpc) is 3.18. The molecule has 7 heteroatoms. The summed E-state index contributed by atoms with van der Waals surface area (Å²) in [6.45, 7) is 0. The first-order chi connectivity index (χ1) is 11.1. The van der Waals surface area contributed by atoms with Gasteiger partial charge in [0.05, 0.1) is 17.2 Å². The molecule has 23 heavy (non-hydrogen) atoms. The number of carbonyl (C=O) groups excluding carboxylic acids is 1. The fourth-order valence-corrected chi connectivity index (χ4v) is 4.49. The number of likely N-dealkylation sites (N-methyl/N-ethyl adjacent to an activating group) is 1. The number of thiazole rings is 1. The molecule has 0 aromatic carbocycles. The van der Waals surface area contributed by atoms with E-state index in [2.05, 4.69) is 10.3 Å². The van der Waals surface area contributed by atoms with Crippen LogP contribution in [0.2, 0.25) is 0 Å². The lowest BCUT2D eigenvalue weighted by molar-refractivity contribution is -0.122. The molecular formula is C16H16N2O3S2. The second-order valence-corrected chi connectivity index (χ2v) is 7.35. The number of nitrogens with one attached hydrogen (secondary N) is 1. The largest absolute Gasteiger partial charge is 0.478 e. The van der Waals surface area contributed by atoms with Gasteiger partial charge in [-0.25, -0.2) is 9.78 Å². The van der Waals surface area contributed by atoms with E-state index in [1.807, 2.05) is 12.2 Å². The van der Waals surface area contributed by atoms with Crippen molar-refractivity contribution in [2.45, 2.75) is 25.2 Å². The van der Waals surface area contributed by atoms with Crippen LogP contribution in [0, 0.1) is 0 Å². The van der Waals surface area contributed by atoms with E-state index in [4.69, 9.17) is 5.11 Å². The van der Waals surface area contributed by atoms with Gasteiger partial charge in [0.1, 0.15) is 5.01 Å². The van der Waals surface area contributed by atoms with E-state index >= 15 is 0 Å². The Bertz CT molecular complexity index is 776. The third-order valence-electron chi connectivity index (χ3n) is 3.79. The average molecular weight is 348 g/mol. The van der Waals surface area contributed by atoms with Crippen molar-refractivity contribution in [3.63, 3.8) is 0 Å². The Kier molecular flexibility index (Phi) is 4.58. The number of hydrogen-bond acceptors (Lipinski definition) is 5. The molecule has 5 nitrogen and oxygen atoms in total. The minimum absolute atomic E-state index is 0.0242. The molecule has 1 unspecified atom stereocenters. The SMILES string of the molecule is CNC(=O)C1CCCc2sc(C=Cc3cc(C(=O)O)cs3)nc21. The topological polar surface area (TPSA) is 79.3 Å². The van der Waals surface area contributed by atoms with Crippen LogP contribution in [0.25, 0.3) is 12.2 Å². The summed E-state index contributed by atoms with van der Waals surface area (Å²) in [5.74, 6) is -1.04. The number of hydrogen-bond donors (Lipinski definition) is 2. The van der Waals surface area contributed by atoms with E-state index in [-0.39, 0.29) is 11.8 Å². The molecule has 2 heterocycles. The Hall–Kier alpha value is -1.99. The van der Waals surface area contributed by atoms with Crippen LogP contribution in [0.5, 0.6) is 0 Å². The highest BCUT2D eigenvalue weighted by molar-refractivity contribution is 7.13. The molecule has 120 valence electrons. The lowest BCUT2D eigenvalue weighted by Gasteiger charge is -2.19. The summed E-state index contributed by atoms with van der Waals surface area (Å²) in [6.07, 6.45) is 6.57. The maximum absolute atomic E-state index is 12.0. The molecule has 2 aromatic rings. The van der Waals surface area contributed by atoms with E-state index in [9.17, 15) is 9.59 Å². The van der Waals surface area contributed by atoms with E-state index in [0.717, 1.165) is 34.8 Å². The molecule has 1 amide bonds. The molecule has 1 atom stereocenters. The third-order valence-corrected chi connectivity index (χ3v) is 5.78. The van der Waals surface area contributed by atoms with Gasteiger partial charge in [0.2, 0.25) is 5.91 Å². The first-order valence-electron chi connectivity index (χ1n) is 7.29. The van der Waals surface area contributed by atoms with Crippen LogP contribution in [0.4, 0.5) is 0 Å². The number of fused-ring (bicyclic) bond motifs is 1. The van der Waals surface area contributed by atoms with Crippen molar-refractivity contribution in [3.05, 3.63) is 37.5 Å². The lowest BCUT2D eigenvalue weighted by atomic mass is 9.90. The van der Waals surface area contributed by atoms with E-state index in [0.29, 0.717) is 5.56 Å². The minimum atomic E-state index is -0.918. The number of aryl methyl sites for hydroxylation is 1. The molecule has 0 saturated heterocycles. The van der Waals surface area contributed by atoms with Gasteiger partial charge in [-0.2, -0.15) is 0 Å². The number of carbonyl (C=O) groups is 2.